The van der Waals surface area contributed by atoms with Crippen LogP contribution in [-0.4, -0.2) is 5.11 Å². The Balaban J connectivity index is 2.46. The van der Waals surface area contributed by atoms with Gasteiger partial charge in [-0.3, -0.25) is 0 Å². The molecule has 1 N–H and O–H groups in total. The van der Waals surface area contributed by atoms with E-state index in [4.69, 9.17) is 11.6 Å². The number of hydrogen-bond acceptors (Lipinski definition) is 1. The van der Waals surface area contributed by atoms with E-state index >= 15 is 0 Å². The minimum Gasteiger partial charge on any atom is -0.388 e. The number of halogens is 1. The van der Waals surface area contributed by atoms with E-state index in [1.807, 2.05) is 18.2 Å². The van der Waals surface area contributed by atoms with Crippen molar-refractivity contribution >= 4 is 11.6 Å². The van der Waals surface area contributed by atoms with Crippen LogP contribution in [0, 0.1) is 0 Å². The lowest BCUT2D eigenvalue weighted by Gasteiger charge is -2.20. The van der Waals surface area contributed by atoms with Gasteiger partial charge in [-0.05, 0) is 42.5 Å². The summed E-state index contributed by atoms with van der Waals surface area (Å²) in [4.78, 5) is 0. The smallest absolute Gasteiger partial charge is 0.0792 e. The highest BCUT2D eigenvalue weighted by Crippen LogP contribution is 2.30. The first kappa shape index (κ1) is 8.09. The second kappa shape index (κ2) is 3.08. The van der Waals surface area contributed by atoms with E-state index in [0.29, 0.717) is 0 Å². The van der Waals surface area contributed by atoms with Gasteiger partial charge in [-0.1, -0.05) is 17.7 Å². The third-order valence-corrected chi connectivity index (χ3v) is 2.62. The Morgan fingerprint density at radius 3 is 3.08 bits per heavy atom. The quantitative estimate of drug-likeness (QED) is 0.654. The number of hydrogen-bond donors (Lipinski definition) is 1. The number of aliphatic hydroxyl groups is 1. The van der Waals surface area contributed by atoms with Gasteiger partial charge >= 0.3 is 0 Å². The molecule has 0 heterocycles. The lowest BCUT2D eigenvalue weighted by molar-refractivity contribution is 0.156. The number of aliphatic hydroxyl groups excluding tert-OH is 1. The zero-order valence-corrected chi connectivity index (χ0v) is 7.51. The topological polar surface area (TPSA) is 20.2 Å². The van der Waals surface area contributed by atoms with Gasteiger partial charge < -0.3 is 5.11 Å². The maximum absolute atomic E-state index is 9.61. The molecule has 0 saturated carbocycles. The summed E-state index contributed by atoms with van der Waals surface area (Å²) in [6.07, 6.45) is 2.72. The Morgan fingerprint density at radius 1 is 1.42 bits per heavy atom. The molecular formula is C10H11ClO. The van der Waals surface area contributed by atoms with Crippen LogP contribution in [0.25, 0.3) is 0 Å². The Kier molecular flexibility index (Phi) is 2.07. The fraction of sp³-hybridized carbons (Fsp3) is 0.400. The summed E-state index contributed by atoms with van der Waals surface area (Å²) in [6.45, 7) is 0. The zero-order valence-electron chi connectivity index (χ0n) is 6.76. The minimum absolute atomic E-state index is 0.272. The molecule has 0 saturated heterocycles. The Hall–Kier alpha value is -0.530. The SMILES string of the molecule is OC1CCCc2cc(Cl)ccc21. The van der Waals surface area contributed by atoms with Crippen molar-refractivity contribution in [2.45, 2.75) is 25.4 Å². The van der Waals surface area contributed by atoms with E-state index in [0.717, 1.165) is 29.8 Å². The monoisotopic (exact) mass is 182 g/mol. The van der Waals surface area contributed by atoms with Crippen molar-refractivity contribution in [1.29, 1.82) is 0 Å². The van der Waals surface area contributed by atoms with Crippen LogP contribution in [0.2, 0.25) is 5.02 Å². The molecule has 0 radical (unpaired) electrons. The molecule has 1 aliphatic carbocycles. The fourth-order valence-corrected chi connectivity index (χ4v) is 1.95. The summed E-state index contributed by atoms with van der Waals surface area (Å²) >= 11 is 5.84. The number of benzene rings is 1. The summed E-state index contributed by atoms with van der Waals surface area (Å²) in [5.41, 5.74) is 2.27. The van der Waals surface area contributed by atoms with Crippen LogP contribution >= 0.6 is 11.6 Å². The second-order valence-corrected chi connectivity index (χ2v) is 3.69. The van der Waals surface area contributed by atoms with Gasteiger partial charge in [0.2, 0.25) is 0 Å². The van der Waals surface area contributed by atoms with E-state index in [1.54, 1.807) is 0 Å². The molecule has 1 aromatic carbocycles. The molecule has 1 aliphatic rings. The predicted octanol–water partition coefficient (Wildman–Crippen LogP) is 2.71. The maximum atomic E-state index is 9.61. The predicted molar refractivity (Wildman–Crippen MR) is 49.3 cm³/mol. The highest BCUT2D eigenvalue weighted by Gasteiger charge is 2.17. The standard InChI is InChI=1S/C10H11ClO/c11-8-4-5-9-7(6-8)2-1-3-10(9)12/h4-6,10,12H,1-3H2. The van der Waals surface area contributed by atoms with Crippen LogP contribution in [0.4, 0.5) is 0 Å². The molecule has 1 unspecified atom stereocenters. The summed E-state index contributed by atoms with van der Waals surface area (Å²) in [7, 11) is 0. The van der Waals surface area contributed by atoms with E-state index in [9.17, 15) is 5.11 Å². The van der Waals surface area contributed by atoms with E-state index < -0.39 is 0 Å². The molecule has 2 heteroatoms. The summed E-state index contributed by atoms with van der Waals surface area (Å²) in [6, 6.07) is 5.73. The third kappa shape index (κ3) is 1.35. The number of fused-ring (bicyclic) bond motifs is 1. The van der Waals surface area contributed by atoms with Crippen LogP contribution in [0.3, 0.4) is 0 Å². The summed E-state index contributed by atoms with van der Waals surface area (Å²) in [5.74, 6) is 0. The number of aryl methyl sites for hydroxylation is 1. The van der Waals surface area contributed by atoms with Crippen molar-refractivity contribution in [3.63, 3.8) is 0 Å². The van der Waals surface area contributed by atoms with Gasteiger partial charge in [0, 0.05) is 5.02 Å². The average molecular weight is 183 g/mol. The molecule has 2 rings (SSSR count). The van der Waals surface area contributed by atoms with E-state index in [1.165, 1.54) is 5.56 Å². The van der Waals surface area contributed by atoms with Gasteiger partial charge in [-0.15, -0.1) is 0 Å². The van der Waals surface area contributed by atoms with E-state index in [-0.39, 0.29) is 6.10 Å². The Morgan fingerprint density at radius 2 is 2.25 bits per heavy atom. The Labute approximate surface area is 77.0 Å². The van der Waals surface area contributed by atoms with Crippen LogP contribution in [0.15, 0.2) is 18.2 Å². The van der Waals surface area contributed by atoms with Crippen LogP contribution < -0.4 is 0 Å². The van der Waals surface area contributed by atoms with Gasteiger partial charge in [-0.2, -0.15) is 0 Å². The molecule has 1 nitrogen and oxygen atoms in total. The minimum atomic E-state index is -0.272. The van der Waals surface area contributed by atoms with Gasteiger partial charge in [0.1, 0.15) is 0 Å². The lowest BCUT2D eigenvalue weighted by Crippen LogP contribution is -2.08. The van der Waals surface area contributed by atoms with Gasteiger partial charge in [-0.25, -0.2) is 0 Å². The normalized spacial score (nSPS) is 22.0. The molecule has 0 spiro atoms. The molecule has 0 bridgehead atoms. The first-order valence-electron chi connectivity index (χ1n) is 4.24. The van der Waals surface area contributed by atoms with Crippen molar-refractivity contribution < 1.29 is 5.11 Å². The zero-order chi connectivity index (χ0) is 8.55. The van der Waals surface area contributed by atoms with Crippen LogP contribution in [0.5, 0.6) is 0 Å². The number of rotatable bonds is 0. The first-order valence-corrected chi connectivity index (χ1v) is 4.61. The van der Waals surface area contributed by atoms with Gasteiger partial charge in [0.05, 0.1) is 6.10 Å². The van der Waals surface area contributed by atoms with Crippen molar-refractivity contribution in [3.05, 3.63) is 34.3 Å². The Bertz CT molecular complexity index is 296. The second-order valence-electron chi connectivity index (χ2n) is 3.25. The van der Waals surface area contributed by atoms with Crippen LogP contribution in [0.1, 0.15) is 30.1 Å². The van der Waals surface area contributed by atoms with Crippen molar-refractivity contribution in [2.75, 3.05) is 0 Å². The highest BCUT2D eigenvalue weighted by molar-refractivity contribution is 6.30. The molecule has 0 aromatic heterocycles. The maximum Gasteiger partial charge on any atom is 0.0792 e. The van der Waals surface area contributed by atoms with Crippen LogP contribution in [-0.2, 0) is 6.42 Å². The lowest BCUT2D eigenvalue weighted by atomic mass is 9.90. The van der Waals surface area contributed by atoms with Crippen molar-refractivity contribution in [3.8, 4) is 0 Å². The highest BCUT2D eigenvalue weighted by atomic mass is 35.5. The molecule has 0 aliphatic heterocycles. The third-order valence-electron chi connectivity index (χ3n) is 2.39. The van der Waals surface area contributed by atoms with Crippen molar-refractivity contribution in [2.24, 2.45) is 0 Å². The molecule has 1 aromatic rings. The first-order chi connectivity index (χ1) is 5.77. The largest absolute Gasteiger partial charge is 0.388 e. The molecule has 0 amide bonds. The summed E-state index contributed by atoms with van der Waals surface area (Å²) in [5, 5.41) is 10.4. The molecule has 64 valence electrons. The molecular weight excluding hydrogens is 172 g/mol. The van der Waals surface area contributed by atoms with Gasteiger partial charge in [0.25, 0.3) is 0 Å². The fourth-order valence-electron chi connectivity index (χ4n) is 1.76. The van der Waals surface area contributed by atoms with E-state index in [2.05, 4.69) is 0 Å². The average Bonchev–Trinajstić information content (AvgIpc) is 2.04. The summed E-state index contributed by atoms with van der Waals surface area (Å²) < 4.78 is 0. The molecule has 0 fully saturated rings. The van der Waals surface area contributed by atoms with Crippen molar-refractivity contribution in [1.82, 2.24) is 0 Å². The molecule has 12 heavy (non-hydrogen) atoms. The van der Waals surface area contributed by atoms with Gasteiger partial charge in [0.15, 0.2) is 0 Å². The molecule has 1 atom stereocenters.